The van der Waals surface area contributed by atoms with Crippen LogP contribution in [0.3, 0.4) is 0 Å². The summed E-state index contributed by atoms with van der Waals surface area (Å²) in [7, 11) is 0. The number of carbonyl (C=O) groups is 1. The molecule has 4 heteroatoms. The number of aliphatic hydroxyl groups excluding tert-OH is 1. The summed E-state index contributed by atoms with van der Waals surface area (Å²) in [6.45, 7) is 1.22. The third kappa shape index (κ3) is 2.23. The lowest BCUT2D eigenvalue weighted by Gasteiger charge is -2.26. The molecule has 4 N–H and O–H groups in total. The highest BCUT2D eigenvalue weighted by Gasteiger charge is 2.29. The molecule has 0 spiro atoms. The molecule has 1 atom stereocenters. The Kier molecular flexibility index (Phi) is 3.09. The number of anilines is 1. The van der Waals surface area contributed by atoms with Crippen molar-refractivity contribution < 1.29 is 9.90 Å². The van der Waals surface area contributed by atoms with Crippen LogP contribution in [0.1, 0.15) is 6.92 Å². The van der Waals surface area contributed by atoms with Gasteiger partial charge in [-0.2, -0.15) is 0 Å². The molecule has 0 fully saturated rings. The van der Waals surface area contributed by atoms with E-state index in [9.17, 15) is 4.79 Å². The quantitative estimate of drug-likeness (QED) is 0.646. The normalized spacial score (nSPS) is 14.4. The predicted molar refractivity (Wildman–Crippen MR) is 54.7 cm³/mol. The second kappa shape index (κ2) is 4.11. The van der Waals surface area contributed by atoms with Crippen LogP contribution in [0.5, 0.6) is 0 Å². The van der Waals surface area contributed by atoms with Crippen molar-refractivity contribution in [2.75, 3.05) is 11.9 Å². The molecule has 0 aliphatic rings. The van der Waals surface area contributed by atoms with Gasteiger partial charge < -0.3 is 16.2 Å². The van der Waals surface area contributed by atoms with Crippen LogP contribution in [0.15, 0.2) is 30.3 Å². The third-order valence-electron chi connectivity index (χ3n) is 2.05. The van der Waals surface area contributed by atoms with Crippen molar-refractivity contribution in [3.8, 4) is 0 Å². The average Bonchev–Trinajstić information content (AvgIpc) is 2.19. The Morgan fingerprint density at radius 3 is 2.50 bits per heavy atom. The first-order valence-corrected chi connectivity index (χ1v) is 4.32. The number of nitrogens with one attached hydrogen (secondary N) is 1. The van der Waals surface area contributed by atoms with Crippen LogP contribution in [-0.2, 0) is 4.79 Å². The molecule has 0 saturated heterocycles. The molecule has 0 aromatic heterocycles. The second-order valence-electron chi connectivity index (χ2n) is 3.35. The number of hydrogen-bond donors (Lipinski definition) is 3. The Morgan fingerprint density at radius 2 is 2.07 bits per heavy atom. The van der Waals surface area contributed by atoms with Crippen LogP contribution in [0.25, 0.3) is 0 Å². The van der Waals surface area contributed by atoms with Crippen molar-refractivity contribution in [2.45, 2.75) is 12.5 Å². The second-order valence-corrected chi connectivity index (χ2v) is 3.35. The van der Waals surface area contributed by atoms with E-state index < -0.39 is 11.4 Å². The zero-order valence-electron chi connectivity index (χ0n) is 8.03. The fourth-order valence-electron chi connectivity index (χ4n) is 1.02. The van der Waals surface area contributed by atoms with Gasteiger partial charge in [0.1, 0.15) is 5.54 Å². The summed E-state index contributed by atoms with van der Waals surface area (Å²) in [6.07, 6.45) is 0. The number of nitrogens with two attached hydrogens (primary N) is 1. The molecule has 1 aromatic rings. The van der Waals surface area contributed by atoms with E-state index in [0.717, 1.165) is 5.69 Å². The lowest BCUT2D eigenvalue weighted by molar-refractivity contribution is -0.122. The van der Waals surface area contributed by atoms with Gasteiger partial charge in [0.25, 0.3) is 0 Å². The Hall–Kier alpha value is -1.55. The minimum absolute atomic E-state index is 0.336. The highest BCUT2D eigenvalue weighted by atomic mass is 16.3. The van der Waals surface area contributed by atoms with Gasteiger partial charge in [0.2, 0.25) is 5.91 Å². The first kappa shape index (κ1) is 10.5. The maximum Gasteiger partial charge on any atom is 0.245 e. The fourth-order valence-corrected chi connectivity index (χ4v) is 1.02. The fraction of sp³-hybridized carbons (Fsp3) is 0.300. The molecule has 1 rings (SSSR count). The summed E-state index contributed by atoms with van der Waals surface area (Å²) in [5.74, 6) is -0.580. The van der Waals surface area contributed by atoms with Gasteiger partial charge in [-0.15, -0.1) is 0 Å². The molecule has 0 saturated carbocycles. The molecule has 0 radical (unpaired) electrons. The van der Waals surface area contributed by atoms with Gasteiger partial charge in [-0.1, -0.05) is 18.2 Å². The van der Waals surface area contributed by atoms with Crippen LogP contribution in [0, 0.1) is 0 Å². The highest BCUT2D eigenvalue weighted by molar-refractivity contribution is 5.87. The number of aliphatic hydroxyl groups is 1. The van der Waals surface area contributed by atoms with E-state index in [0.29, 0.717) is 0 Å². The van der Waals surface area contributed by atoms with E-state index in [-0.39, 0.29) is 6.61 Å². The minimum atomic E-state index is -1.11. The molecule has 0 aliphatic carbocycles. The highest BCUT2D eigenvalue weighted by Crippen LogP contribution is 2.13. The summed E-state index contributed by atoms with van der Waals surface area (Å²) in [5.41, 5.74) is 4.81. The van der Waals surface area contributed by atoms with E-state index in [1.165, 1.54) is 0 Å². The van der Waals surface area contributed by atoms with E-state index in [1.54, 1.807) is 19.1 Å². The number of rotatable bonds is 4. The standard InChI is InChI=1S/C10H14N2O2/c1-10(7-13,9(11)14)12-8-5-3-2-4-6-8/h2-6,12-13H,7H2,1H3,(H2,11,14). The van der Waals surface area contributed by atoms with Crippen molar-refractivity contribution in [3.05, 3.63) is 30.3 Å². The first-order valence-electron chi connectivity index (χ1n) is 4.32. The molecule has 1 unspecified atom stereocenters. The van der Waals surface area contributed by atoms with E-state index >= 15 is 0 Å². The molecule has 76 valence electrons. The number of benzene rings is 1. The molecular weight excluding hydrogens is 180 g/mol. The summed E-state index contributed by atoms with van der Waals surface area (Å²) >= 11 is 0. The Labute approximate surface area is 82.7 Å². The zero-order chi connectivity index (χ0) is 10.6. The van der Waals surface area contributed by atoms with Gasteiger partial charge in [-0.05, 0) is 19.1 Å². The van der Waals surface area contributed by atoms with Crippen LogP contribution in [0.2, 0.25) is 0 Å². The molecule has 1 amide bonds. The number of amides is 1. The smallest absolute Gasteiger partial charge is 0.245 e. The Morgan fingerprint density at radius 1 is 1.50 bits per heavy atom. The van der Waals surface area contributed by atoms with Gasteiger partial charge in [0.05, 0.1) is 6.61 Å². The van der Waals surface area contributed by atoms with Gasteiger partial charge in [-0.25, -0.2) is 0 Å². The van der Waals surface area contributed by atoms with Crippen molar-refractivity contribution in [1.29, 1.82) is 0 Å². The van der Waals surface area contributed by atoms with Gasteiger partial charge in [0, 0.05) is 5.69 Å². The molecule has 1 aromatic carbocycles. The summed E-state index contributed by atoms with van der Waals surface area (Å²) in [5, 5.41) is 11.9. The molecule has 0 heterocycles. The Bertz CT molecular complexity index is 313. The minimum Gasteiger partial charge on any atom is -0.393 e. The number of para-hydroxylation sites is 1. The molecule has 0 aliphatic heterocycles. The molecular formula is C10H14N2O2. The summed E-state index contributed by atoms with van der Waals surface area (Å²) in [4.78, 5) is 11.1. The topological polar surface area (TPSA) is 75.3 Å². The molecule has 4 nitrogen and oxygen atoms in total. The predicted octanol–water partition coefficient (Wildman–Crippen LogP) is 0.335. The van der Waals surface area contributed by atoms with Crippen molar-refractivity contribution in [3.63, 3.8) is 0 Å². The van der Waals surface area contributed by atoms with Crippen molar-refractivity contribution in [1.82, 2.24) is 0 Å². The zero-order valence-corrected chi connectivity index (χ0v) is 8.03. The van der Waals surface area contributed by atoms with E-state index in [2.05, 4.69) is 5.32 Å². The Balaban J connectivity index is 2.81. The maximum absolute atomic E-state index is 11.1. The number of hydrogen-bond acceptors (Lipinski definition) is 3. The SMILES string of the molecule is CC(CO)(Nc1ccccc1)C(N)=O. The largest absolute Gasteiger partial charge is 0.393 e. The lowest BCUT2D eigenvalue weighted by atomic mass is 10.0. The van der Waals surface area contributed by atoms with Crippen LogP contribution < -0.4 is 11.1 Å². The molecule has 0 bridgehead atoms. The number of primary amides is 1. The number of carbonyl (C=O) groups excluding carboxylic acids is 1. The summed E-state index contributed by atoms with van der Waals surface area (Å²) < 4.78 is 0. The van der Waals surface area contributed by atoms with Gasteiger partial charge >= 0.3 is 0 Å². The maximum atomic E-state index is 11.1. The monoisotopic (exact) mass is 194 g/mol. The average molecular weight is 194 g/mol. The van der Waals surface area contributed by atoms with Gasteiger partial charge in [-0.3, -0.25) is 4.79 Å². The van der Waals surface area contributed by atoms with E-state index in [1.807, 2.05) is 18.2 Å². The van der Waals surface area contributed by atoms with Crippen molar-refractivity contribution in [2.24, 2.45) is 5.73 Å². The molecule has 14 heavy (non-hydrogen) atoms. The van der Waals surface area contributed by atoms with Crippen LogP contribution >= 0.6 is 0 Å². The third-order valence-corrected chi connectivity index (χ3v) is 2.05. The lowest BCUT2D eigenvalue weighted by Crippen LogP contribution is -2.50. The van der Waals surface area contributed by atoms with Crippen molar-refractivity contribution >= 4 is 11.6 Å². The van der Waals surface area contributed by atoms with Crippen LogP contribution in [-0.4, -0.2) is 23.2 Å². The van der Waals surface area contributed by atoms with Gasteiger partial charge in [0.15, 0.2) is 0 Å². The summed E-state index contributed by atoms with van der Waals surface area (Å²) in [6, 6.07) is 9.14. The first-order chi connectivity index (χ1) is 6.58. The van der Waals surface area contributed by atoms with Crippen LogP contribution in [0.4, 0.5) is 5.69 Å². The van der Waals surface area contributed by atoms with E-state index in [4.69, 9.17) is 10.8 Å².